The number of ether oxygens (including phenoxy) is 1. The Morgan fingerprint density at radius 1 is 1.33 bits per heavy atom. The van der Waals surface area contributed by atoms with Crippen LogP contribution in [0.25, 0.3) is 0 Å². The lowest BCUT2D eigenvalue weighted by molar-refractivity contribution is -0.885. The third-order valence-electron chi connectivity index (χ3n) is 2.31. The van der Waals surface area contributed by atoms with Crippen LogP contribution in [-0.4, -0.2) is 32.7 Å². The van der Waals surface area contributed by atoms with Gasteiger partial charge in [-0.15, -0.1) is 0 Å². The summed E-state index contributed by atoms with van der Waals surface area (Å²) in [6, 6.07) is 6.07. The zero-order valence-electron chi connectivity index (χ0n) is 10.3. The Hall–Kier alpha value is -1.95. The molecule has 98 valence electrons. The first kappa shape index (κ1) is 14.1. The summed E-state index contributed by atoms with van der Waals surface area (Å²) >= 11 is 0. The maximum atomic E-state index is 12.7. The number of hydrogen-bond acceptors (Lipinski definition) is 3. The van der Waals surface area contributed by atoms with Crippen molar-refractivity contribution in [2.24, 2.45) is 0 Å². The summed E-state index contributed by atoms with van der Waals surface area (Å²) in [7, 11) is 3.00. The number of amides is 2. The molecule has 5 nitrogen and oxygen atoms in total. The number of carbonyl (C=O) groups is 2. The van der Waals surface area contributed by atoms with E-state index in [0.29, 0.717) is 6.54 Å². The van der Waals surface area contributed by atoms with Crippen molar-refractivity contribution in [3.63, 3.8) is 0 Å². The zero-order chi connectivity index (χ0) is 13.5. The van der Waals surface area contributed by atoms with Crippen molar-refractivity contribution in [3.8, 4) is 0 Å². The lowest BCUT2D eigenvalue weighted by Gasteiger charge is -2.13. The van der Waals surface area contributed by atoms with Gasteiger partial charge < -0.3 is 9.64 Å². The van der Waals surface area contributed by atoms with Gasteiger partial charge >= 0.3 is 6.09 Å². The Morgan fingerprint density at radius 2 is 1.94 bits per heavy atom. The van der Waals surface area contributed by atoms with Crippen LogP contribution in [0.1, 0.15) is 5.56 Å². The molecule has 0 radical (unpaired) electrons. The molecule has 6 heteroatoms. The van der Waals surface area contributed by atoms with Gasteiger partial charge in [-0.1, -0.05) is 12.1 Å². The number of halogens is 1. The van der Waals surface area contributed by atoms with Gasteiger partial charge in [-0.2, -0.15) is 0 Å². The smallest absolute Gasteiger partial charge is 0.413 e. The molecule has 0 heterocycles. The molecule has 0 spiro atoms. The summed E-state index contributed by atoms with van der Waals surface area (Å²) in [5, 5.41) is 2.07. The molecule has 2 amide bonds. The first-order valence-corrected chi connectivity index (χ1v) is 5.45. The molecule has 0 aliphatic rings. The highest BCUT2D eigenvalue weighted by molar-refractivity contribution is 5.92. The number of likely N-dealkylation sites (N-methyl/N-ethyl adjacent to an activating group) is 1. The van der Waals surface area contributed by atoms with E-state index in [9.17, 15) is 14.0 Å². The number of quaternary nitrogens is 1. The van der Waals surface area contributed by atoms with E-state index in [1.807, 2.05) is 0 Å². The SMILES string of the molecule is COC(=O)NC(=O)C[NH+](C)Cc1ccc(F)cc1. The number of imide groups is 1. The summed E-state index contributed by atoms with van der Waals surface area (Å²) < 4.78 is 17.0. The highest BCUT2D eigenvalue weighted by Crippen LogP contribution is 2.00. The van der Waals surface area contributed by atoms with Crippen LogP contribution >= 0.6 is 0 Å². The lowest BCUT2D eigenvalue weighted by Crippen LogP contribution is -3.08. The predicted octanol–water partition coefficient (Wildman–Crippen LogP) is -0.277. The Labute approximate surface area is 105 Å². The van der Waals surface area contributed by atoms with Crippen molar-refractivity contribution in [1.29, 1.82) is 0 Å². The molecule has 0 aliphatic carbocycles. The highest BCUT2D eigenvalue weighted by Gasteiger charge is 2.13. The van der Waals surface area contributed by atoms with Crippen molar-refractivity contribution in [3.05, 3.63) is 35.6 Å². The van der Waals surface area contributed by atoms with E-state index >= 15 is 0 Å². The highest BCUT2D eigenvalue weighted by atomic mass is 19.1. The summed E-state index contributed by atoms with van der Waals surface area (Å²) in [5.74, 6) is -0.707. The van der Waals surface area contributed by atoms with Gasteiger partial charge in [0.2, 0.25) is 0 Å². The second kappa shape index (κ2) is 6.70. The minimum Gasteiger partial charge on any atom is -0.453 e. The molecule has 18 heavy (non-hydrogen) atoms. The topological polar surface area (TPSA) is 59.8 Å². The van der Waals surface area contributed by atoms with Gasteiger partial charge in [0.05, 0.1) is 14.2 Å². The number of carbonyl (C=O) groups excluding carboxylic acids is 2. The number of methoxy groups -OCH3 is 1. The van der Waals surface area contributed by atoms with Crippen LogP contribution in [0.5, 0.6) is 0 Å². The molecule has 1 aromatic rings. The van der Waals surface area contributed by atoms with Crippen molar-refractivity contribution in [2.45, 2.75) is 6.54 Å². The quantitative estimate of drug-likeness (QED) is 0.778. The van der Waals surface area contributed by atoms with Crippen molar-refractivity contribution >= 4 is 12.0 Å². The number of alkyl carbamates (subject to hydrolysis) is 1. The third-order valence-corrected chi connectivity index (χ3v) is 2.31. The van der Waals surface area contributed by atoms with Crippen LogP contribution in [0.15, 0.2) is 24.3 Å². The summed E-state index contributed by atoms with van der Waals surface area (Å²) in [5.41, 5.74) is 0.916. The Balaban J connectivity index is 2.41. The van der Waals surface area contributed by atoms with E-state index in [0.717, 1.165) is 10.5 Å². The van der Waals surface area contributed by atoms with E-state index in [1.54, 1.807) is 19.2 Å². The van der Waals surface area contributed by atoms with Crippen LogP contribution in [0.2, 0.25) is 0 Å². The molecule has 0 saturated carbocycles. The van der Waals surface area contributed by atoms with Crippen LogP contribution < -0.4 is 10.2 Å². The van der Waals surface area contributed by atoms with Gasteiger partial charge in [-0.3, -0.25) is 10.1 Å². The van der Waals surface area contributed by atoms with Crippen molar-refractivity contribution < 1.29 is 23.6 Å². The number of rotatable bonds is 4. The number of nitrogens with one attached hydrogen (secondary N) is 2. The molecule has 0 aromatic heterocycles. The lowest BCUT2D eigenvalue weighted by atomic mass is 10.2. The van der Waals surface area contributed by atoms with Crippen molar-refractivity contribution in [2.75, 3.05) is 20.7 Å². The Bertz CT molecular complexity index is 420. The molecular weight excluding hydrogens is 239 g/mol. The monoisotopic (exact) mass is 255 g/mol. The molecule has 1 atom stereocenters. The molecule has 1 unspecified atom stereocenters. The largest absolute Gasteiger partial charge is 0.453 e. The summed E-state index contributed by atoms with van der Waals surface area (Å²) in [6.45, 7) is 0.696. The summed E-state index contributed by atoms with van der Waals surface area (Å²) in [4.78, 5) is 23.0. The fourth-order valence-electron chi connectivity index (χ4n) is 1.50. The fraction of sp³-hybridized carbons (Fsp3) is 0.333. The van der Waals surface area contributed by atoms with Gasteiger partial charge in [0.1, 0.15) is 12.4 Å². The van der Waals surface area contributed by atoms with Gasteiger partial charge in [0.25, 0.3) is 5.91 Å². The fourth-order valence-corrected chi connectivity index (χ4v) is 1.50. The van der Waals surface area contributed by atoms with Gasteiger partial charge in [-0.25, -0.2) is 9.18 Å². The molecule has 0 saturated heterocycles. The molecule has 0 fully saturated rings. The average molecular weight is 255 g/mol. The zero-order valence-corrected chi connectivity index (χ0v) is 10.3. The minimum atomic E-state index is -0.769. The van der Waals surface area contributed by atoms with Gasteiger partial charge in [0, 0.05) is 5.56 Å². The van der Waals surface area contributed by atoms with Crippen LogP contribution in [0.3, 0.4) is 0 Å². The molecule has 1 aromatic carbocycles. The van der Waals surface area contributed by atoms with Gasteiger partial charge in [0.15, 0.2) is 6.54 Å². The first-order chi connectivity index (χ1) is 8.51. The molecule has 0 bridgehead atoms. The van der Waals surface area contributed by atoms with E-state index in [-0.39, 0.29) is 12.4 Å². The Kier molecular flexibility index (Phi) is 5.26. The maximum absolute atomic E-state index is 12.7. The number of hydrogen-bond donors (Lipinski definition) is 2. The molecule has 2 N–H and O–H groups in total. The third kappa shape index (κ3) is 4.92. The standard InChI is InChI=1S/C12H15FN2O3/c1-15(8-11(16)14-12(17)18-2)7-9-3-5-10(13)6-4-9/h3-6H,7-8H2,1-2H3,(H,14,16,17)/p+1. The molecule has 1 rings (SSSR count). The Morgan fingerprint density at radius 3 is 2.50 bits per heavy atom. The second-order valence-corrected chi connectivity index (χ2v) is 3.98. The normalized spacial score (nSPS) is 11.7. The molecular formula is C12H16FN2O3+. The predicted molar refractivity (Wildman–Crippen MR) is 62.4 cm³/mol. The number of benzene rings is 1. The maximum Gasteiger partial charge on any atom is 0.413 e. The summed E-state index contributed by atoms with van der Waals surface area (Å²) in [6.07, 6.45) is -0.769. The first-order valence-electron chi connectivity index (χ1n) is 5.45. The minimum absolute atomic E-state index is 0.131. The molecule has 0 aliphatic heterocycles. The van der Waals surface area contributed by atoms with Crippen LogP contribution in [-0.2, 0) is 16.1 Å². The van der Waals surface area contributed by atoms with E-state index in [2.05, 4.69) is 10.1 Å². The van der Waals surface area contributed by atoms with Crippen LogP contribution in [0, 0.1) is 5.82 Å². The van der Waals surface area contributed by atoms with E-state index < -0.39 is 12.0 Å². The van der Waals surface area contributed by atoms with E-state index in [4.69, 9.17) is 0 Å². The van der Waals surface area contributed by atoms with Gasteiger partial charge in [-0.05, 0) is 12.1 Å². The van der Waals surface area contributed by atoms with E-state index in [1.165, 1.54) is 19.2 Å². The second-order valence-electron chi connectivity index (χ2n) is 3.98. The average Bonchev–Trinajstić information content (AvgIpc) is 2.31. The van der Waals surface area contributed by atoms with Crippen LogP contribution in [0.4, 0.5) is 9.18 Å². The van der Waals surface area contributed by atoms with Crippen molar-refractivity contribution in [1.82, 2.24) is 5.32 Å².